The number of benzene rings is 1. The number of hydrogen-bond acceptors (Lipinski definition) is 5. The number of nitro benzene ring substituents is 1. The van der Waals surface area contributed by atoms with E-state index in [1.165, 1.54) is 6.07 Å². The van der Waals surface area contributed by atoms with Gasteiger partial charge in [0.1, 0.15) is 5.75 Å². The molecule has 2 aromatic rings. The Balaban J connectivity index is 2.34. The molecule has 0 amide bonds. The average molecular weight is 294 g/mol. The molecule has 0 spiro atoms. The smallest absolute Gasteiger partial charge is 0.305 e. The van der Waals surface area contributed by atoms with Crippen LogP contribution in [-0.2, 0) is 13.6 Å². The Bertz CT molecular complexity index is 684. The van der Waals surface area contributed by atoms with E-state index < -0.39 is 16.4 Å². The molecule has 0 saturated carbocycles. The van der Waals surface area contributed by atoms with Gasteiger partial charge in [-0.1, -0.05) is 0 Å². The quantitative estimate of drug-likeness (QED) is 0.675. The maximum absolute atomic E-state index is 13.6. The fourth-order valence-corrected chi connectivity index (χ4v) is 2.00. The topological polar surface area (TPSA) is 82.2 Å². The summed E-state index contributed by atoms with van der Waals surface area (Å²) in [6.07, 6.45) is 0. The van der Waals surface area contributed by atoms with Crippen molar-refractivity contribution in [1.29, 1.82) is 0 Å². The van der Waals surface area contributed by atoms with E-state index in [4.69, 9.17) is 4.74 Å². The van der Waals surface area contributed by atoms with Crippen LogP contribution >= 0.6 is 0 Å². The molecule has 0 radical (unpaired) electrons. The van der Waals surface area contributed by atoms with Gasteiger partial charge in [-0.15, -0.1) is 0 Å². The van der Waals surface area contributed by atoms with Crippen molar-refractivity contribution >= 4 is 5.69 Å². The summed E-state index contributed by atoms with van der Waals surface area (Å²) in [7, 11) is 3.50. The van der Waals surface area contributed by atoms with E-state index in [2.05, 4.69) is 10.4 Å². The molecule has 112 valence electrons. The summed E-state index contributed by atoms with van der Waals surface area (Å²) >= 11 is 0. The minimum atomic E-state index is -0.938. The highest BCUT2D eigenvalue weighted by atomic mass is 19.1. The van der Waals surface area contributed by atoms with Crippen molar-refractivity contribution in [2.45, 2.75) is 13.5 Å². The lowest BCUT2D eigenvalue weighted by molar-refractivity contribution is -0.387. The zero-order valence-electron chi connectivity index (χ0n) is 11.9. The first-order valence-electron chi connectivity index (χ1n) is 6.23. The number of halogens is 1. The van der Waals surface area contributed by atoms with Crippen molar-refractivity contribution in [2.24, 2.45) is 7.05 Å². The maximum Gasteiger partial charge on any atom is 0.305 e. The summed E-state index contributed by atoms with van der Waals surface area (Å²) in [4.78, 5) is 9.81. The Morgan fingerprint density at radius 3 is 2.81 bits per heavy atom. The third-order valence-electron chi connectivity index (χ3n) is 2.97. The fourth-order valence-electron chi connectivity index (χ4n) is 2.00. The van der Waals surface area contributed by atoms with Gasteiger partial charge in [0.15, 0.2) is 0 Å². The average Bonchev–Trinajstić information content (AvgIpc) is 2.66. The summed E-state index contributed by atoms with van der Waals surface area (Å²) in [6.45, 7) is 2.39. The van der Waals surface area contributed by atoms with Gasteiger partial charge in [-0.3, -0.25) is 10.1 Å². The zero-order valence-corrected chi connectivity index (χ0v) is 11.9. The van der Waals surface area contributed by atoms with Gasteiger partial charge in [-0.2, -0.15) is 9.49 Å². The van der Waals surface area contributed by atoms with Gasteiger partial charge in [-0.05, 0) is 20.0 Å². The number of hydrogen-bond donors (Lipinski definition) is 1. The second-order valence-corrected chi connectivity index (χ2v) is 4.50. The molecule has 0 fully saturated rings. The Hall–Kier alpha value is -2.48. The summed E-state index contributed by atoms with van der Waals surface area (Å²) < 4.78 is 20.8. The van der Waals surface area contributed by atoms with E-state index in [0.717, 1.165) is 23.4 Å². The molecule has 0 aliphatic heterocycles. The highest BCUT2D eigenvalue weighted by Crippen LogP contribution is 2.29. The normalized spacial score (nSPS) is 10.7. The predicted molar refractivity (Wildman–Crippen MR) is 73.8 cm³/mol. The van der Waals surface area contributed by atoms with Crippen molar-refractivity contribution in [1.82, 2.24) is 15.1 Å². The minimum absolute atomic E-state index is 0.179. The van der Waals surface area contributed by atoms with Crippen LogP contribution in [0.1, 0.15) is 11.3 Å². The number of aromatic nitrogens is 2. The minimum Gasteiger partial charge on any atom is -0.439 e. The van der Waals surface area contributed by atoms with Crippen molar-refractivity contribution in [3.8, 4) is 11.6 Å². The number of aryl methyl sites for hydroxylation is 2. The van der Waals surface area contributed by atoms with E-state index in [1.54, 1.807) is 18.8 Å². The molecule has 0 unspecified atom stereocenters. The third kappa shape index (κ3) is 3.00. The van der Waals surface area contributed by atoms with Crippen LogP contribution in [-0.4, -0.2) is 21.8 Å². The van der Waals surface area contributed by atoms with Gasteiger partial charge in [0, 0.05) is 25.7 Å². The van der Waals surface area contributed by atoms with Gasteiger partial charge < -0.3 is 10.1 Å². The van der Waals surface area contributed by atoms with Crippen LogP contribution in [0.4, 0.5) is 10.1 Å². The van der Waals surface area contributed by atoms with E-state index in [1.807, 2.05) is 6.92 Å². The lowest BCUT2D eigenvalue weighted by Crippen LogP contribution is -2.07. The molecular weight excluding hydrogens is 279 g/mol. The summed E-state index contributed by atoms with van der Waals surface area (Å²) in [5, 5.41) is 17.8. The molecule has 0 bridgehead atoms. The lowest BCUT2D eigenvalue weighted by atomic mass is 10.2. The number of nitrogens with one attached hydrogen (secondary N) is 1. The number of nitrogens with zero attached hydrogens (tertiary/aromatic N) is 3. The van der Waals surface area contributed by atoms with Crippen LogP contribution in [0.3, 0.4) is 0 Å². The van der Waals surface area contributed by atoms with Crippen molar-refractivity contribution in [3.05, 3.63) is 45.4 Å². The SMILES string of the molecule is CNCc1c(C)nn(C)c1Oc1ccc([N+](=O)[O-])c(F)c1. The molecule has 2 rings (SSSR count). The van der Waals surface area contributed by atoms with Crippen molar-refractivity contribution < 1.29 is 14.1 Å². The zero-order chi connectivity index (χ0) is 15.6. The summed E-state index contributed by atoms with van der Waals surface area (Å²) in [5.41, 5.74) is 1.06. The van der Waals surface area contributed by atoms with Gasteiger partial charge in [0.2, 0.25) is 11.7 Å². The fraction of sp³-hybridized carbons (Fsp3) is 0.308. The molecule has 1 N–H and O–H groups in total. The Morgan fingerprint density at radius 2 is 2.24 bits per heavy atom. The van der Waals surface area contributed by atoms with Gasteiger partial charge in [-0.25, -0.2) is 4.68 Å². The van der Waals surface area contributed by atoms with Crippen LogP contribution in [0.5, 0.6) is 11.6 Å². The second-order valence-electron chi connectivity index (χ2n) is 4.50. The first-order chi connectivity index (χ1) is 9.93. The van der Waals surface area contributed by atoms with E-state index in [-0.39, 0.29) is 5.75 Å². The van der Waals surface area contributed by atoms with Gasteiger partial charge >= 0.3 is 5.69 Å². The molecule has 7 nitrogen and oxygen atoms in total. The predicted octanol–water partition coefficient (Wildman–Crippen LogP) is 2.29. The Morgan fingerprint density at radius 1 is 1.52 bits per heavy atom. The number of ether oxygens (including phenoxy) is 1. The second kappa shape index (κ2) is 5.88. The van der Waals surface area contributed by atoms with Gasteiger partial charge in [0.25, 0.3) is 0 Å². The molecule has 8 heteroatoms. The molecule has 1 aromatic carbocycles. The van der Waals surface area contributed by atoms with Gasteiger partial charge in [0.05, 0.1) is 16.2 Å². The summed E-state index contributed by atoms with van der Waals surface area (Å²) in [5.74, 6) is -0.292. The maximum atomic E-state index is 13.6. The van der Waals surface area contributed by atoms with Crippen molar-refractivity contribution in [3.63, 3.8) is 0 Å². The van der Waals surface area contributed by atoms with Crippen LogP contribution in [0.25, 0.3) is 0 Å². The monoisotopic (exact) mass is 294 g/mol. The highest BCUT2D eigenvalue weighted by molar-refractivity contribution is 5.41. The Labute approximate surface area is 120 Å². The van der Waals surface area contributed by atoms with Crippen LogP contribution < -0.4 is 10.1 Å². The van der Waals surface area contributed by atoms with Crippen LogP contribution in [0, 0.1) is 22.9 Å². The molecule has 1 aromatic heterocycles. The summed E-state index contributed by atoms with van der Waals surface area (Å²) in [6, 6.07) is 3.42. The van der Waals surface area contributed by atoms with Crippen LogP contribution in [0.2, 0.25) is 0 Å². The molecule has 1 heterocycles. The largest absolute Gasteiger partial charge is 0.439 e. The first-order valence-corrected chi connectivity index (χ1v) is 6.23. The van der Waals surface area contributed by atoms with E-state index >= 15 is 0 Å². The molecule has 21 heavy (non-hydrogen) atoms. The third-order valence-corrected chi connectivity index (χ3v) is 2.97. The van der Waals surface area contributed by atoms with Crippen molar-refractivity contribution in [2.75, 3.05) is 7.05 Å². The molecule has 0 aliphatic rings. The lowest BCUT2D eigenvalue weighted by Gasteiger charge is -2.08. The van der Waals surface area contributed by atoms with E-state index in [9.17, 15) is 14.5 Å². The molecule has 0 saturated heterocycles. The molecular formula is C13H15FN4O3. The first kappa shape index (κ1) is 14.9. The number of rotatable bonds is 5. The molecule has 0 aliphatic carbocycles. The highest BCUT2D eigenvalue weighted by Gasteiger charge is 2.18. The molecule has 0 atom stereocenters. The standard InChI is InChI=1S/C13H15FN4O3/c1-8-10(7-15-2)13(17(3)16-8)21-9-4-5-12(18(19)20)11(14)6-9/h4-6,15H,7H2,1-3H3. The van der Waals surface area contributed by atoms with E-state index in [0.29, 0.717) is 12.4 Å². The Kier molecular flexibility index (Phi) is 4.18. The van der Waals surface area contributed by atoms with Crippen LogP contribution in [0.15, 0.2) is 18.2 Å². The number of nitro groups is 1.